The monoisotopic (exact) mass is 1060 g/mol. The summed E-state index contributed by atoms with van der Waals surface area (Å²) in [6.45, 7) is 4.99. The number of rotatable bonds is 65. The lowest BCUT2D eigenvalue weighted by molar-refractivity contribution is -0.143. The van der Waals surface area contributed by atoms with Crippen LogP contribution in [0.1, 0.15) is 393 Å². The summed E-state index contributed by atoms with van der Waals surface area (Å²) < 4.78 is 5.51. The predicted octanol–water partition coefficient (Wildman–Crippen LogP) is 22.0. The van der Waals surface area contributed by atoms with Crippen molar-refractivity contribution in [3.05, 3.63) is 12.2 Å². The molecule has 0 aliphatic rings. The van der Waals surface area contributed by atoms with Crippen molar-refractivity contribution >= 4 is 11.9 Å². The maximum absolute atomic E-state index is 12.5. The van der Waals surface area contributed by atoms with Crippen molar-refractivity contribution in [1.29, 1.82) is 0 Å². The second kappa shape index (κ2) is 65.1. The van der Waals surface area contributed by atoms with E-state index in [2.05, 4.69) is 31.3 Å². The molecule has 0 heterocycles. The normalized spacial score (nSPS) is 12.5. The maximum Gasteiger partial charge on any atom is 0.305 e. The Hall–Kier alpha value is -1.40. The van der Waals surface area contributed by atoms with Crippen LogP contribution in [-0.4, -0.2) is 47.4 Å². The molecule has 0 aromatic heterocycles. The van der Waals surface area contributed by atoms with Crippen molar-refractivity contribution in [3.63, 3.8) is 0 Å². The fraction of sp³-hybridized carbons (Fsp3) is 0.942. The third kappa shape index (κ3) is 61.7. The van der Waals surface area contributed by atoms with Gasteiger partial charge in [-0.1, -0.05) is 341 Å². The lowest BCUT2D eigenvalue weighted by atomic mass is 10.0. The van der Waals surface area contributed by atoms with Gasteiger partial charge in [-0.2, -0.15) is 0 Å². The number of esters is 1. The Kier molecular flexibility index (Phi) is 63.9. The summed E-state index contributed by atoms with van der Waals surface area (Å²) >= 11 is 0. The molecule has 1 amide bonds. The zero-order valence-corrected chi connectivity index (χ0v) is 51.1. The number of carbonyl (C=O) groups excluding carboxylic acids is 2. The second-order valence-corrected chi connectivity index (χ2v) is 23.9. The number of hydrogen-bond acceptors (Lipinski definition) is 5. The second-order valence-electron chi connectivity index (χ2n) is 23.9. The van der Waals surface area contributed by atoms with Gasteiger partial charge in [0.2, 0.25) is 5.91 Å². The Labute approximate surface area is 469 Å². The van der Waals surface area contributed by atoms with E-state index in [1.165, 1.54) is 321 Å². The van der Waals surface area contributed by atoms with Crippen molar-refractivity contribution in [1.82, 2.24) is 5.32 Å². The van der Waals surface area contributed by atoms with Crippen LogP contribution in [0, 0.1) is 0 Å². The van der Waals surface area contributed by atoms with Gasteiger partial charge >= 0.3 is 5.97 Å². The summed E-state index contributed by atoms with van der Waals surface area (Å²) in [4.78, 5) is 24.6. The van der Waals surface area contributed by atoms with Gasteiger partial charge in [-0.3, -0.25) is 9.59 Å². The Morgan fingerprint density at radius 3 is 0.947 bits per heavy atom. The number of unbranched alkanes of at least 4 members (excludes halogenated alkanes) is 52. The highest BCUT2D eigenvalue weighted by atomic mass is 16.5. The van der Waals surface area contributed by atoms with E-state index in [1.54, 1.807) is 0 Å². The van der Waals surface area contributed by atoms with Crippen molar-refractivity contribution in [2.24, 2.45) is 0 Å². The quantitative estimate of drug-likeness (QED) is 0.0320. The van der Waals surface area contributed by atoms with Crippen molar-refractivity contribution < 1.29 is 24.5 Å². The van der Waals surface area contributed by atoms with E-state index in [9.17, 15) is 19.8 Å². The number of carbonyl (C=O) groups is 2. The van der Waals surface area contributed by atoms with Crippen LogP contribution in [0.4, 0.5) is 0 Å². The van der Waals surface area contributed by atoms with Crippen molar-refractivity contribution in [2.45, 2.75) is 405 Å². The molecule has 6 nitrogen and oxygen atoms in total. The molecule has 0 aromatic rings. The molecule has 0 aliphatic carbocycles. The SMILES string of the molecule is CCCCCCCCCCCCCCCCCCCCC(=O)OCCCCCCCCCCCCCC/C=C\CCCCCCCCCCCCCCC(=O)NC(CO)C(O)CCCCCCCCCCCCCC. The molecular formula is C69H135NO5. The van der Waals surface area contributed by atoms with E-state index < -0.39 is 12.1 Å². The average Bonchev–Trinajstić information content (AvgIpc) is 3.41. The van der Waals surface area contributed by atoms with Gasteiger partial charge in [-0.05, 0) is 51.4 Å². The number of ether oxygens (including phenoxy) is 1. The zero-order chi connectivity index (χ0) is 54.3. The molecule has 0 rings (SSSR count). The molecular weight excluding hydrogens is 923 g/mol. The fourth-order valence-corrected chi connectivity index (χ4v) is 11.1. The molecule has 0 fully saturated rings. The molecule has 0 radical (unpaired) electrons. The predicted molar refractivity (Wildman–Crippen MR) is 329 cm³/mol. The molecule has 0 bridgehead atoms. The van der Waals surface area contributed by atoms with E-state index in [0.717, 1.165) is 38.5 Å². The largest absolute Gasteiger partial charge is 0.466 e. The molecule has 6 heteroatoms. The summed E-state index contributed by atoms with van der Waals surface area (Å²) in [6, 6.07) is -0.540. The molecule has 75 heavy (non-hydrogen) atoms. The highest BCUT2D eigenvalue weighted by Crippen LogP contribution is 2.19. The first kappa shape index (κ1) is 73.6. The summed E-state index contributed by atoms with van der Waals surface area (Å²) in [5.41, 5.74) is 0. The standard InChI is InChI=1S/C69H135NO5/c1-3-5-7-9-11-13-15-17-18-19-33-36-39-43-47-51-55-59-63-69(74)75-64-60-56-52-48-44-40-37-34-31-29-27-25-23-21-20-22-24-26-28-30-32-35-38-42-46-50-54-58-62-68(73)70-66(65-71)67(72)61-57-53-49-45-41-16-14-12-10-8-6-4-2/h20-21,66-67,71-72H,3-19,22-65H2,1-2H3,(H,70,73)/b21-20-. The van der Waals surface area contributed by atoms with Gasteiger partial charge in [0.05, 0.1) is 25.4 Å². The van der Waals surface area contributed by atoms with Crippen LogP contribution in [0.15, 0.2) is 12.2 Å². The third-order valence-corrected chi connectivity index (χ3v) is 16.3. The molecule has 3 N–H and O–H groups in total. The first-order chi connectivity index (χ1) is 37.0. The molecule has 0 spiro atoms. The average molecular weight is 1060 g/mol. The van der Waals surface area contributed by atoms with E-state index in [1.807, 2.05) is 0 Å². The minimum atomic E-state index is -0.662. The maximum atomic E-state index is 12.5. The van der Waals surface area contributed by atoms with Gasteiger partial charge < -0.3 is 20.3 Å². The van der Waals surface area contributed by atoms with Gasteiger partial charge in [0.15, 0.2) is 0 Å². The van der Waals surface area contributed by atoms with Crippen LogP contribution in [-0.2, 0) is 14.3 Å². The number of aliphatic hydroxyl groups is 2. The molecule has 2 atom stereocenters. The highest BCUT2D eigenvalue weighted by Gasteiger charge is 2.20. The summed E-state index contributed by atoms with van der Waals surface area (Å²) in [5.74, 6) is -0.0122. The number of hydrogen-bond donors (Lipinski definition) is 3. The minimum Gasteiger partial charge on any atom is -0.466 e. The van der Waals surface area contributed by atoms with Gasteiger partial charge in [0.1, 0.15) is 0 Å². The summed E-state index contributed by atoms with van der Waals surface area (Å²) in [6.07, 6.45) is 79.7. The van der Waals surface area contributed by atoms with E-state index in [-0.39, 0.29) is 18.5 Å². The fourth-order valence-electron chi connectivity index (χ4n) is 11.1. The van der Waals surface area contributed by atoms with E-state index in [0.29, 0.717) is 25.9 Å². The van der Waals surface area contributed by atoms with Crippen LogP contribution < -0.4 is 5.32 Å². The number of allylic oxidation sites excluding steroid dienone is 2. The number of amides is 1. The molecule has 2 unspecified atom stereocenters. The first-order valence-corrected chi connectivity index (χ1v) is 34.4. The Morgan fingerprint density at radius 1 is 0.360 bits per heavy atom. The van der Waals surface area contributed by atoms with Gasteiger partial charge in [-0.15, -0.1) is 0 Å². The van der Waals surface area contributed by atoms with Crippen molar-refractivity contribution in [3.8, 4) is 0 Å². The van der Waals surface area contributed by atoms with Crippen LogP contribution >= 0.6 is 0 Å². The van der Waals surface area contributed by atoms with E-state index in [4.69, 9.17) is 4.74 Å². The van der Waals surface area contributed by atoms with Crippen LogP contribution in [0.5, 0.6) is 0 Å². The van der Waals surface area contributed by atoms with Crippen molar-refractivity contribution in [2.75, 3.05) is 13.2 Å². The number of nitrogens with one attached hydrogen (secondary N) is 1. The number of aliphatic hydroxyl groups excluding tert-OH is 2. The van der Waals surface area contributed by atoms with Gasteiger partial charge in [0, 0.05) is 12.8 Å². The third-order valence-electron chi connectivity index (χ3n) is 16.3. The van der Waals surface area contributed by atoms with Crippen LogP contribution in [0.25, 0.3) is 0 Å². The lowest BCUT2D eigenvalue weighted by Crippen LogP contribution is -2.45. The molecule has 0 aromatic carbocycles. The van der Waals surface area contributed by atoms with Crippen LogP contribution in [0.3, 0.4) is 0 Å². The highest BCUT2D eigenvalue weighted by molar-refractivity contribution is 5.76. The van der Waals surface area contributed by atoms with Gasteiger partial charge in [-0.25, -0.2) is 0 Å². The molecule has 0 saturated carbocycles. The Balaban J connectivity index is 3.33. The Morgan fingerprint density at radius 2 is 0.627 bits per heavy atom. The topological polar surface area (TPSA) is 95.9 Å². The Bertz CT molecular complexity index is 1130. The minimum absolute atomic E-state index is 0.0211. The molecule has 0 aliphatic heterocycles. The summed E-state index contributed by atoms with van der Waals surface area (Å²) in [7, 11) is 0. The molecule has 446 valence electrons. The first-order valence-electron chi connectivity index (χ1n) is 34.4. The zero-order valence-electron chi connectivity index (χ0n) is 51.1. The van der Waals surface area contributed by atoms with E-state index >= 15 is 0 Å². The molecule has 0 saturated heterocycles. The van der Waals surface area contributed by atoms with Crippen LogP contribution in [0.2, 0.25) is 0 Å². The smallest absolute Gasteiger partial charge is 0.305 e. The van der Waals surface area contributed by atoms with Gasteiger partial charge in [0.25, 0.3) is 0 Å². The summed E-state index contributed by atoms with van der Waals surface area (Å²) in [5, 5.41) is 23.2. The lowest BCUT2D eigenvalue weighted by Gasteiger charge is -2.22.